The van der Waals surface area contributed by atoms with Gasteiger partial charge in [0.25, 0.3) is 0 Å². The molecule has 0 aromatic carbocycles. The molecule has 0 bridgehead atoms. The Balaban J connectivity index is 4.85. The van der Waals surface area contributed by atoms with Gasteiger partial charge in [-0.1, -0.05) is 20.8 Å². The molecule has 0 saturated carbocycles. The summed E-state index contributed by atoms with van der Waals surface area (Å²) in [7, 11) is 7.24. The second-order valence-corrected chi connectivity index (χ2v) is 5.98. The summed E-state index contributed by atoms with van der Waals surface area (Å²) in [6.07, 6.45) is 0.591. The Morgan fingerprint density at radius 3 is 2.10 bits per heavy atom. The van der Waals surface area contributed by atoms with Crippen LogP contribution in [0.15, 0.2) is 0 Å². The lowest BCUT2D eigenvalue weighted by molar-refractivity contribution is -0.136. The van der Waals surface area contributed by atoms with Crippen LogP contribution in [-0.2, 0) is 9.59 Å². The Morgan fingerprint density at radius 2 is 1.71 bits per heavy atom. The highest BCUT2D eigenvalue weighted by atomic mass is 16.2. The van der Waals surface area contributed by atoms with Crippen molar-refractivity contribution in [1.82, 2.24) is 20.4 Å². The predicted octanol–water partition coefficient (Wildman–Crippen LogP) is 0.145. The fourth-order valence-electron chi connectivity index (χ4n) is 2.35. The van der Waals surface area contributed by atoms with Gasteiger partial charge in [0.05, 0.1) is 6.04 Å². The van der Waals surface area contributed by atoms with Crippen molar-refractivity contribution in [3.05, 3.63) is 0 Å². The van der Waals surface area contributed by atoms with E-state index in [1.807, 2.05) is 39.8 Å². The first kappa shape index (κ1) is 19.9. The van der Waals surface area contributed by atoms with Gasteiger partial charge in [0.1, 0.15) is 6.04 Å². The summed E-state index contributed by atoms with van der Waals surface area (Å²) < 4.78 is 0. The summed E-state index contributed by atoms with van der Waals surface area (Å²) in [6.45, 7) is 7.55. The number of nitrogens with zero attached hydrogens (tertiary/aromatic N) is 2. The monoisotopic (exact) mass is 300 g/mol. The van der Waals surface area contributed by atoms with E-state index in [-0.39, 0.29) is 23.8 Å². The molecular weight excluding hydrogens is 268 g/mol. The van der Waals surface area contributed by atoms with E-state index >= 15 is 0 Å². The minimum Gasteiger partial charge on any atom is -0.347 e. The summed E-state index contributed by atoms with van der Waals surface area (Å²) in [5, 5.41) is 5.98. The average Bonchev–Trinajstić information content (AvgIpc) is 2.41. The third kappa shape index (κ3) is 6.44. The average molecular weight is 300 g/mol. The Morgan fingerprint density at radius 1 is 1.14 bits per heavy atom. The molecule has 0 aromatic heterocycles. The first-order valence-corrected chi connectivity index (χ1v) is 7.62. The van der Waals surface area contributed by atoms with Crippen LogP contribution >= 0.6 is 0 Å². The number of carbonyl (C=O) groups is 2. The van der Waals surface area contributed by atoms with Crippen molar-refractivity contribution in [1.29, 1.82) is 0 Å². The van der Waals surface area contributed by atoms with Crippen LogP contribution in [0.4, 0.5) is 0 Å². The second-order valence-electron chi connectivity index (χ2n) is 5.98. The van der Waals surface area contributed by atoms with Gasteiger partial charge >= 0.3 is 0 Å². The maximum absolute atomic E-state index is 12.5. The number of amides is 2. The van der Waals surface area contributed by atoms with Crippen LogP contribution < -0.4 is 10.6 Å². The number of carbonyl (C=O) groups excluding carboxylic acids is 2. The van der Waals surface area contributed by atoms with Crippen molar-refractivity contribution in [3.63, 3.8) is 0 Å². The molecule has 0 saturated heterocycles. The number of rotatable bonds is 9. The Kier molecular flexibility index (Phi) is 9.21. The summed E-state index contributed by atoms with van der Waals surface area (Å²) >= 11 is 0. The molecule has 21 heavy (non-hydrogen) atoms. The first-order chi connectivity index (χ1) is 9.76. The molecule has 0 aliphatic heterocycles. The van der Waals surface area contributed by atoms with Gasteiger partial charge in [-0.3, -0.25) is 14.5 Å². The fourth-order valence-corrected chi connectivity index (χ4v) is 2.35. The zero-order chi connectivity index (χ0) is 16.6. The maximum atomic E-state index is 12.5. The van der Waals surface area contributed by atoms with Gasteiger partial charge in [-0.25, -0.2) is 0 Å². The molecule has 124 valence electrons. The van der Waals surface area contributed by atoms with E-state index in [0.29, 0.717) is 6.42 Å². The summed E-state index contributed by atoms with van der Waals surface area (Å²) in [5.74, 6) is 0.0377. The van der Waals surface area contributed by atoms with Crippen molar-refractivity contribution in [2.24, 2.45) is 5.92 Å². The highest BCUT2D eigenvalue weighted by molar-refractivity contribution is 5.89. The molecule has 2 amide bonds. The highest BCUT2D eigenvalue weighted by Crippen LogP contribution is 2.10. The van der Waals surface area contributed by atoms with Gasteiger partial charge in [-0.15, -0.1) is 0 Å². The number of nitrogens with one attached hydrogen (secondary N) is 2. The zero-order valence-corrected chi connectivity index (χ0v) is 14.6. The normalized spacial score (nSPS) is 14.1. The number of likely N-dealkylation sites (N-methyl/N-ethyl adjacent to an activating group) is 3. The topological polar surface area (TPSA) is 64.7 Å². The number of hydrogen-bond donors (Lipinski definition) is 2. The lowest BCUT2D eigenvalue weighted by Crippen LogP contribution is -2.54. The molecule has 0 fully saturated rings. The predicted molar refractivity (Wildman–Crippen MR) is 86.1 cm³/mol. The molecule has 0 aliphatic rings. The fraction of sp³-hybridized carbons (Fsp3) is 0.867. The lowest BCUT2D eigenvalue weighted by atomic mass is 10.0. The minimum atomic E-state index is -0.452. The quantitative estimate of drug-likeness (QED) is 0.636. The Bertz CT molecular complexity index is 332. The van der Waals surface area contributed by atoms with Crippen LogP contribution in [0.5, 0.6) is 0 Å². The van der Waals surface area contributed by atoms with Gasteiger partial charge < -0.3 is 15.5 Å². The summed E-state index contributed by atoms with van der Waals surface area (Å²) in [6, 6.07) is -0.686. The Hall–Kier alpha value is -1.14. The number of hydrogen-bond acceptors (Lipinski definition) is 4. The van der Waals surface area contributed by atoms with Crippen molar-refractivity contribution in [2.45, 2.75) is 39.3 Å². The standard InChI is InChI=1S/C15H32N4O2/c1-8-12(15(21)18(5)6)17-14(20)13(11(2)3)19(7)10-9-16-4/h11-13,16H,8-10H2,1-7H3,(H,17,20). The molecule has 6 nitrogen and oxygen atoms in total. The van der Waals surface area contributed by atoms with Crippen LogP contribution in [0, 0.1) is 5.92 Å². The first-order valence-electron chi connectivity index (χ1n) is 7.62. The summed E-state index contributed by atoms with van der Waals surface area (Å²) in [5.41, 5.74) is 0. The van der Waals surface area contributed by atoms with E-state index in [2.05, 4.69) is 10.6 Å². The molecule has 0 spiro atoms. The highest BCUT2D eigenvalue weighted by Gasteiger charge is 2.29. The largest absolute Gasteiger partial charge is 0.347 e. The van der Waals surface area contributed by atoms with Crippen LogP contribution in [0.1, 0.15) is 27.2 Å². The molecule has 6 heteroatoms. The van der Waals surface area contributed by atoms with E-state index in [4.69, 9.17) is 0 Å². The molecule has 2 N–H and O–H groups in total. The molecule has 0 aromatic rings. The van der Waals surface area contributed by atoms with Crippen LogP contribution in [-0.4, -0.2) is 75.0 Å². The maximum Gasteiger partial charge on any atom is 0.244 e. The molecule has 2 atom stereocenters. The third-order valence-corrected chi connectivity index (χ3v) is 3.55. The van der Waals surface area contributed by atoms with E-state index in [0.717, 1.165) is 13.1 Å². The molecular formula is C15H32N4O2. The molecule has 0 rings (SSSR count). The molecule has 0 aliphatic carbocycles. The molecule has 0 radical (unpaired) electrons. The third-order valence-electron chi connectivity index (χ3n) is 3.55. The second kappa shape index (κ2) is 9.73. The Labute approximate surface area is 129 Å². The van der Waals surface area contributed by atoms with E-state index in [1.54, 1.807) is 14.1 Å². The van der Waals surface area contributed by atoms with Crippen LogP contribution in [0.2, 0.25) is 0 Å². The van der Waals surface area contributed by atoms with E-state index in [9.17, 15) is 9.59 Å². The van der Waals surface area contributed by atoms with Gasteiger partial charge in [0.15, 0.2) is 0 Å². The van der Waals surface area contributed by atoms with Gasteiger partial charge in [-0.2, -0.15) is 0 Å². The van der Waals surface area contributed by atoms with Gasteiger partial charge in [-0.05, 0) is 26.4 Å². The molecule has 2 unspecified atom stereocenters. The van der Waals surface area contributed by atoms with E-state index in [1.165, 1.54) is 4.90 Å². The lowest BCUT2D eigenvalue weighted by Gasteiger charge is -2.31. The van der Waals surface area contributed by atoms with Crippen molar-refractivity contribution < 1.29 is 9.59 Å². The minimum absolute atomic E-state index is 0.0637. The molecule has 0 heterocycles. The van der Waals surface area contributed by atoms with Crippen molar-refractivity contribution >= 4 is 11.8 Å². The van der Waals surface area contributed by atoms with Gasteiger partial charge in [0.2, 0.25) is 11.8 Å². The zero-order valence-electron chi connectivity index (χ0n) is 14.6. The van der Waals surface area contributed by atoms with Crippen LogP contribution in [0.3, 0.4) is 0 Å². The smallest absolute Gasteiger partial charge is 0.244 e. The van der Waals surface area contributed by atoms with Gasteiger partial charge in [0, 0.05) is 27.2 Å². The summed E-state index contributed by atoms with van der Waals surface area (Å²) in [4.78, 5) is 28.1. The van der Waals surface area contributed by atoms with Crippen molar-refractivity contribution in [2.75, 3.05) is 41.3 Å². The van der Waals surface area contributed by atoms with Crippen LogP contribution in [0.25, 0.3) is 0 Å². The van der Waals surface area contributed by atoms with E-state index < -0.39 is 6.04 Å². The van der Waals surface area contributed by atoms with Crippen molar-refractivity contribution in [3.8, 4) is 0 Å². The SMILES string of the molecule is CCC(NC(=O)C(C(C)C)N(C)CCNC)C(=O)N(C)C.